The van der Waals surface area contributed by atoms with Gasteiger partial charge in [-0.1, -0.05) is 24.3 Å². The predicted molar refractivity (Wildman–Crippen MR) is 116 cm³/mol. The van der Waals surface area contributed by atoms with E-state index in [9.17, 15) is 13.2 Å². The summed E-state index contributed by atoms with van der Waals surface area (Å²) in [5, 5.41) is 2.81. The summed E-state index contributed by atoms with van der Waals surface area (Å²) in [6.07, 6.45) is 0.639. The molecule has 8 heteroatoms. The number of benzene rings is 2. The maximum atomic E-state index is 12.8. The third-order valence-corrected chi connectivity index (χ3v) is 6.36. The van der Waals surface area contributed by atoms with Gasteiger partial charge < -0.3 is 10.1 Å². The average Bonchev–Trinajstić information content (AvgIpc) is 2.68. The number of hydrogen-bond acceptors (Lipinski definition) is 4. The van der Waals surface area contributed by atoms with Gasteiger partial charge in [0.25, 0.3) is 0 Å². The molecule has 0 saturated heterocycles. The highest BCUT2D eigenvalue weighted by Gasteiger charge is 2.28. The molecular weight excluding hydrogens is 390 g/mol. The smallest absolute Gasteiger partial charge is 0.304 e. The van der Waals surface area contributed by atoms with Crippen LogP contribution in [0.25, 0.3) is 0 Å². The molecule has 1 amide bonds. The number of ether oxygens (including phenoxy) is 1. The van der Waals surface area contributed by atoms with E-state index < -0.39 is 10.2 Å². The van der Waals surface area contributed by atoms with E-state index in [0.29, 0.717) is 18.7 Å². The molecule has 0 heterocycles. The van der Waals surface area contributed by atoms with Crippen molar-refractivity contribution in [2.75, 3.05) is 38.6 Å². The quantitative estimate of drug-likeness (QED) is 0.676. The molecule has 0 spiro atoms. The first-order valence-corrected chi connectivity index (χ1v) is 10.7. The zero-order chi connectivity index (χ0) is 21.6. The molecule has 0 atom stereocenters. The Labute approximate surface area is 173 Å². The third kappa shape index (κ3) is 5.95. The molecule has 29 heavy (non-hydrogen) atoms. The van der Waals surface area contributed by atoms with Crippen LogP contribution in [0.15, 0.2) is 42.5 Å². The molecule has 0 aliphatic rings. The number of hydrogen-bond donors (Lipinski definition) is 1. The van der Waals surface area contributed by atoms with Crippen LogP contribution in [0.3, 0.4) is 0 Å². The highest BCUT2D eigenvalue weighted by molar-refractivity contribution is 7.90. The van der Waals surface area contributed by atoms with Gasteiger partial charge in [-0.05, 0) is 55.2 Å². The summed E-state index contributed by atoms with van der Waals surface area (Å²) in [5.41, 5.74) is 3.26. The molecule has 0 aliphatic heterocycles. The summed E-state index contributed by atoms with van der Waals surface area (Å²) in [7, 11) is 0.697. The highest BCUT2D eigenvalue weighted by atomic mass is 32.2. The Kier molecular flexibility index (Phi) is 7.64. The Hall–Kier alpha value is -2.58. The number of aryl methyl sites for hydroxylation is 2. The van der Waals surface area contributed by atoms with E-state index in [0.717, 1.165) is 31.1 Å². The number of anilines is 1. The molecule has 1 N–H and O–H groups in total. The average molecular weight is 420 g/mol. The third-order valence-electron chi connectivity index (χ3n) is 4.56. The van der Waals surface area contributed by atoms with E-state index >= 15 is 0 Å². The maximum Gasteiger partial charge on any atom is 0.304 e. The van der Waals surface area contributed by atoms with E-state index in [1.807, 2.05) is 50.2 Å². The van der Waals surface area contributed by atoms with Gasteiger partial charge in [0.15, 0.2) is 0 Å². The molecule has 0 aliphatic carbocycles. The summed E-state index contributed by atoms with van der Waals surface area (Å²) in [6, 6.07) is 13.1. The summed E-state index contributed by atoms with van der Waals surface area (Å²) in [4.78, 5) is 12.5. The molecule has 0 bridgehead atoms. The van der Waals surface area contributed by atoms with Gasteiger partial charge in [-0.15, -0.1) is 0 Å². The fraction of sp³-hybridized carbons (Fsp3) is 0.381. The minimum atomic E-state index is -3.82. The SMILES string of the molecule is COc1ccc(CCNC(=O)CN(c2cc(C)ccc2C)S(=O)(=O)N(C)C)cc1. The second kappa shape index (κ2) is 9.76. The number of nitrogens with zero attached hydrogens (tertiary/aromatic N) is 2. The number of nitrogens with one attached hydrogen (secondary N) is 1. The summed E-state index contributed by atoms with van der Waals surface area (Å²) in [6.45, 7) is 3.84. The molecule has 7 nitrogen and oxygen atoms in total. The molecule has 158 valence electrons. The summed E-state index contributed by atoms with van der Waals surface area (Å²) < 4.78 is 33.1. The lowest BCUT2D eigenvalue weighted by Crippen LogP contribution is -2.46. The van der Waals surface area contributed by atoms with E-state index in [4.69, 9.17) is 4.74 Å². The van der Waals surface area contributed by atoms with Crippen LogP contribution in [-0.4, -0.2) is 52.9 Å². The van der Waals surface area contributed by atoms with E-state index in [-0.39, 0.29) is 12.5 Å². The molecule has 2 rings (SSSR count). The monoisotopic (exact) mass is 419 g/mol. The lowest BCUT2D eigenvalue weighted by molar-refractivity contribution is -0.119. The van der Waals surface area contributed by atoms with Crippen molar-refractivity contribution in [2.24, 2.45) is 0 Å². The van der Waals surface area contributed by atoms with E-state index in [2.05, 4.69) is 5.32 Å². The van der Waals surface area contributed by atoms with Crippen LogP contribution in [0.4, 0.5) is 5.69 Å². The fourth-order valence-corrected chi connectivity index (χ4v) is 3.92. The minimum Gasteiger partial charge on any atom is -0.497 e. The van der Waals surface area contributed by atoms with Gasteiger partial charge in [0.1, 0.15) is 12.3 Å². The lowest BCUT2D eigenvalue weighted by atomic mass is 10.1. The Morgan fingerprint density at radius 1 is 1.07 bits per heavy atom. The van der Waals surface area contributed by atoms with Crippen molar-refractivity contribution in [2.45, 2.75) is 20.3 Å². The number of carbonyl (C=O) groups excluding carboxylic acids is 1. The van der Waals surface area contributed by atoms with Gasteiger partial charge in [0.05, 0.1) is 12.8 Å². The second-order valence-corrected chi connectivity index (χ2v) is 9.10. The van der Waals surface area contributed by atoms with Crippen molar-refractivity contribution < 1.29 is 17.9 Å². The first kappa shape index (κ1) is 22.7. The predicted octanol–water partition coefficient (Wildman–Crippen LogP) is 2.28. The molecule has 2 aromatic carbocycles. The fourth-order valence-electron chi connectivity index (χ4n) is 2.80. The van der Waals surface area contributed by atoms with Gasteiger partial charge >= 0.3 is 10.2 Å². The summed E-state index contributed by atoms with van der Waals surface area (Å²) >= 11 is 0. The van der Waals surface area contributed by atoms with Crippen molar-refractivity contribution >= 4 is 21.8 Å². The second-order valence-electron chi connectivity index (χ2n) is 7.03. The molecule has 0 aromatic heterocycles. The van der Waals surface area contributed by atoms with Crippen LogP contribution in [0.2, 0.25) is 0 Å². The maximum absolute atomic E-state index is 12.8. The first-order valence-electron chi connectivity index (χ1n) is 9.32. The van der Waals surface area contributed by atoms with E-state index in [1.165, 1.54) is 14.1 Å². The van der Waals surface area contributed by atoms with Gasteiger partial charge in [0, 0.05) is 20.6 Å². The highest BCUT2D eigenvalue weighted by Crippen LogP contribution is 2.25. The topological polar surface area (TPSA) is 79.0 Å². The number of methoxy groups -OCH3 is 1. The largest absolute Gasteiger partial charge is 0.497 e. The standard InChI is InChI=1S/C21H29N3O4S/c1-16-6-7-17(2)20(14-16)24(29(26,27)23(3)4)15-21(25)22-13-12-18-8-10-19(28-5)11-9-18/h6-11,14H,12-13,15H2,1-5H3,(H,22,25). The van der Waals surface area contributed by atoms with Crippen LogP contribution >= 0.6 is 0 Å². The zero-order valence-corrected chi connectivity index (χ0v) is 18.4. The van der Waals surface area contributed by atoms with Crippen LogP contribution < -0.4 is 14.4 Å². The normalized spacial score (nSPS) is 11.4. The number of carbonyl (C=O) groups is 1. The molecule has 0 radical (unpaired) electrons. The van der Waals surface area contributed by atoms with Crippen molar-refractivity contribution in [3.8, 4) is 5.75 Å². The van der Waals surface area contributed by atoms with Crippen molar-refractivity contribution in [3.63, 3.8) is 0 Å². The van der Waals surface area contributed by atoms with Gasteiger partial charge in [0.2, 0.25) is 5.91 Å². The van der Waals surface area contributed by atoms with Crippen LogP contribution in [0.1, 0.15) is 16.7 Å². The Bertz CT molecular complexity index is 941. The molecule has 0 saturated carbocycles. The first-order chi connectivity index (χ1) is 13.6. The summed E-state index contributed by atoms with van der Waals surface area (Å²) in [5.74, 6) is 0.417. The van der Waals surface area contributed by atoms with Crippen molar-refractivity contribution in [1.82, 2.24) is 9.62 Å². The zero-order valence-electron chi connectivity index (χ0n) is 17.6. The minimum absolute atomic E-state index is 0.284. The Morgan fingerprint density at radius 2 is 1.72 bits per heavy atom. The van der Waals surface area contributed by atoms with E-state index in [1.54, 1.807) is 13.2 Å². The van der Waals surface area contributed by atoms with Gasteiger partial charge in [-0.25, -0.2) is 4.31 Å². The van der Waals surface area contributed by atoms with Crippen LogP contribution in [0, 0.1) is 13.8 Å². The Balaban J connectivity index is 2.10. The molecular formula is C21H29N3O4S. The van der Waals surface area contributed by atoms with Gasteiger partial charge in [-0.3, -0.25) is 4.79 Å². The lowest BCUT2D eigenvalue weighted by Gasteiger charge is -2.28. The van der Waals surface area contributed by atoms with Gasteiger partial charge in [-0.2, -0.15) is 12.7 Å². The Morgan fingerprint density at radius 3 is 2.31 bits per heavy atom. The van der Waals surface area contributed by atoms with Crippen molar-refractivity contribution in [3.05, 3.63) is 59.2 Å². The van der Waals surface area contributed by atoms with Crippen LogP contribution in [0.5, 0.6) is 5.75 Å². The molecule has 0 fully saturated rings. The number of amides is 1. The van der Waals surface area contributed by atoms with Crippen LogP contribution in [-0.2, 0) is 21.4 Å². The molecule has 0 unspecified atom stereocenters. The molecule has 2 aromatic rings. The number of rotatable bonds is 9. The van der Waals surface area contributed by atoms with Crippen molar-refractivity contribution in [1.29, 1.82) is 0 Å².